The second kappa shape index (κ2) is 7.04. The van der Waals surface area contributed by atoms with E-state index in [9.17, 15) is 13.2 Å². The topological polar surface area (TPSA) is 66.5 Å². The Morgan fingerprint density at radius 3 is 2.38 bits per heavy atom. The van der Waals surface area contributed by atoms with Crippen molar-refractivity contribution in [2.75, 3.05) is 19.6 Å². The maximum atomic E-state index is 12.1. The van der Waals surface area contributed by atoms with Crippen molar-refractivity contribution in [3.8, 4) is 0 Å². The van der Waals surface area contributed by atoms with Crippen molar-refractivity contribution in [3.63, 3.8) is 0 Å². The lowest BCUT2D eigenvalue weighted by atomic mass is 10.1. The molecule has 1 amide bonds. The van der Waals surface area contributed by atoms with Crippen molar-refractivity contribution in [2.24, 2.45) is 0 Å². The van der Waals surface area contributed by atoms with Crippen LogP contribution in [0.2, 0.25) is 0 Å². The smallest absolute Gasteiger partial charge is 0.240 e. The highest BCUT2D eigenvalue weighted by atomic mass is 32.2. The minimum Gasteiger partial charge on any atom is -0.343 e. The molecule has 1 saturated heterocycles. The molecule has 0 bridgehead atoms. The molecule has 1 fully saturated rings. The first kappa shape index (κ1) is 16.0. The average Bonchev–Trinajstić information content (AvgIpc) is 2.48. The highest BCUT2D eigenvalue weighted by Crippen LogP contribution is 2.11. The number of sulfonamides is 1. The summed E-state index contributed by atoms with van der Waals surface area (Å²) in [6, 6.07) is 6.66. The number of nitrogens with one attached hydrogen (secondary N) is 1. The van der Waals surface area contributed by atoms with Crippen LogP contribution in [0.25, 0.3) is 0 Å². The van der Waals surface area contributed by atoms with Crippen LogP contribution < -0.4 is 4.72 Å². The van der Waals surface area contributed by atoms with E-state index in [4.69, 9.17) is 0 Å². The Balaban J connectivity index is 1.84. The average molecular weight is 310 g/mol. The van der Waals surface area contributed by atoms with Gasteiger partial charge in [0.1, 0.15) is 0 Å². The number of amides is 1. The lowest BCUT2D eigenvalue weighted by Crippen LogP contribution is -2.37. The van der Waals surface area contributed by atoms with Gasteiger partial charge in [0.2, 0.25) is 15.9 Å². The number of likely N-dealkylation sites (tertiary alicyclic amines) is 1. The fraction of sp³-hybridized carbons (Fsp3) is 0.533. The zero-order valence-electron chi connectivity index (χ0n) is 12.3. The predicted molar refractivity (Wildman–Crippen MR) is 81.4 cm³/mol. The Bertz CT molecular complexity index is 575. The van der Waals surface area contributed by atoms with Crippen LogP contribution in [0.5, 0.6) is 0 Å². The predicted octanol–water partition coefficient (Wildman–Crippen LogP) is 1.68. The van der Waals surface area contributed by atoms with Gasteiger partial charge in [0.25, 0.3) is 0 Å². The SMILES string of the molecule is Cc1ccc(S(=O)(=O)NCCC(=O)N2CCCCC2)cc1. The number of benzene rings is 1. The van der Waals surface area contributed by atoms with E-state index in [0.717, 1.165) is 31.5 Å². The molecule has 21 heavy (non-hydrogen) atoms. The highest BCUT2D eigenvalue weighted by molar-refractivity contribution is 7.89. The Labute approximate surface area is 126 Å². The van der Waals surface area contributed by atoms with E-state index in [-0.39, 0.29) is 23.8 Å². The van der Waals surface area contributed by atoms with Crippen molar-refractivity contribution >= 4 is 15.9 Å². The zero-order valence-corrected chi connectivity index (χ0v) is 13.2. The molecule has 0 saturated carbocycles. The monoisotopic (exact) mass is 310 g/mol. The minimum absolute atomic E-state index is 0.0290. The van der Waals surface area contributed by atoms with Gasteiger partial charge >= 0.3 is 0 Å². The maximum absolute atomic E-state index is 12.1. The number of hydrogen-bond acceptors (Lipinski definition) is 3. The molecule has 0 aliphatic carbocycles. The Hall–Kier alpha value is -1.40. The molecule has 1 aliphatic heterocycles. The van der Waals surface area contributed by atoms with Crippen LogP contribution in [0, 0.1) is 6.92 Å². The van der Waals surface area contributed by atoms with Crippen LogP contribution in [-0.4, -0.2) is 38.9 Å². The molecule has 1 N–H and O–H groups in total. The van der Waals surface area contributed by atoms with Gasteiger partial charge in [0, 0.05) is 26.1 Å². The van der Waals surface area contributed by atoms with Gasteiger partial charge in [-0.15, -0.1) is 0 Å². The van der Waals surface area contributed by atoms with Crippen LogP contribution in [0.15, 0.2) is 29.2 Å². The molecular weight excluding hydrogens is 288 g/mol. The standard InChI is InChI=1S/C15H22N2O3S/c1-13-5-7-14(8-6-13)21(19,20)16-10-9-15(18)17-11-3-2-4-12-17/h5-8,16H,2-4,9-12H2,1H3. The van der Waals surface area contributed by atoms with Gasteiger partial charge in [-0.2, -0.15) is 0 Å². The summed E-state index contributed by atoms with van der Waals surface area (Å²) < 4.78 is 26.6. The van der Waals surface area contributed by atoms with E-state index in [1.807, 2.05) is 11.8 Å². The molecule has 0 aromatic heterocycles. The summed E-state index contributed by atoms with van der Waals surface area (Å²) in [6.07, 6.45) is 3.47. The summed E-state index contributed by atoms with van der Waals surface area (Å²) >= 11 is 0. The van der Waals surface area contributed by atoms with Crippen molar-refractivity contribution < 1.29 is 13.2 Å². The van der Waals surface area contributed by atoms with Gasteiger partial charge in [-0.1, -0.05) is 17.7 Å². The van der Waals surface area contributed by atoms with E-state index < -0.39 is 10.0 Å². The van der Waals surface area contributed by atoms with Crippen molar-refractivity contribution in [1.82, 2.24) is 9.62 Å². The fourth-order valence-electron chi connectivity index (χ4n) is 2.39. The van der Waals surface area contributed by atoms with Crippen LogP contribution in [0.1, 0.15) is 31.2 Å². The normalized spacial score (nSPS) is 16.0. The summed E-state index contributed by atoms with van der Waals surface area (Å²) in [5.41, 5.74) is 1.01. The summed E-state index contributed by atoms with van der Waals surface area (Å²) in [4.78, 5) is 14.0. The summed E-state index contributed by atoms with van der Waals surface area (Å²) in [5, 5.41) is 0. The van der Waals surface area contributed by atoms with Gasteiger partial charge in [-0.3, -0.25) is 4.79 Å². The molecule has 0 spiro atoms. The number of piperidine rings is 1. The summed E-state index contributed by atoms with van der Waals surface area (Å²) in [5.74, 6) is 0.0290. The Morgan fingerprint density at radius 1 is 1.14 bits per heavy atom. The number of rotatable bonds is 5. The third-order valence-corrected chi connectivity index (χ3v) is 5.15. The van der Waals surface area contributed by atoms with Gasteiger partial charge in [0.15, 0.2) is 0 Å². The largest absolute Gasteiger partial charge is 0.343 e. The molecule has 2 rings (SSSR count). The van der Waals surface area contributed by atoms with Crippen molar-refractivity contribution in [3.05, 3.63) is 29.8 Å². The minimum atomic E-state index is -3.52. The van der Waals surface area contributed by atoms with Gasteiger partial charge in [0.05, 0.1) is 4.90 Å². The first-order valence-corrected chi connectivity index (χ1v) is 8.81. The van der Waals surface area contributed by atoms with Crippen molar-refractivity contribution in [1.29, 1.82) is 0 Å². The van der Waals surface area contributed by atoms with Gasteiger partial charge < -0.3 is 4.90 Å². The lowest BCUT2D eigenvalue weighted by Gasteiger charge is -2.26. The van der Waals surface area contributed by atoms with E-state index in [0.29, 0.717) is 0 Å². The summed E-state index contributed by atoms with van der Waals surface area (Å²) in [6.45, 7) is 3.64. The van der Waals surface area contributed by atoms with E-state index in [2.05, 4.69) is 4.72 Å². The van der Waals surface area contributed by atoms with Crippen LogP contribution in [0.4, 0.5) is 0 Å². The molecular formula is C15H22N2O3S. The molecule has 1 aliphatic rings. The first-order chi connectivity index (χ1) is 9.99. The second-order valence-electron chi connectivity index (χ2n) is 5.40. The van der Waals surface area contributed by atoms with Crippen LogP contribution >= 0.6 is 0 Å². The molecule has 5 nitrogen and oxygen atoms in total. The lowest BCUT2D eigenvalue weighted by molar-refractivity contribution is -0.131. The molecule has 1 aromatic rings. The molecule has 6 heteroatoms. The Morgan fingerprint density at radius 2 is 1.76 bits per heavy atom. The van der Waals surface area contributed by atoms with E-state index in [1.165, 1.54) is 6.42 Å². The fourth-order valence-corrected chi connectivity index (χ4v) is 3.43. The first-order valence-electron chi connectivity index (χ1n) is 7.33. The quantitative estimate of drug-likeness (QED) is 0.900. The molecule has 0 atom stereocenters. The van der Waals surface area contributed by atoms with Crippen molar-refractivity contribution in [2.45, 2.75) is 37.5 Å². The molecule has 0 unspecified atom stereocenters. The second-order valence-corrected chi connectivity index (χ2v) is 7.17. The van der Waals surface area contributed by atoms with E-state index >= 15 is 0 Å². The molecule has 1 aromatic carbocycles. The number of nitrogens with zero attached hydrogens (tertiary/aromatic N) is 1. The Kier molecular flexibility index (Phi) is 5.36. The number of carbonyl (C=O) groups excluding carboxylic acids is 1. The third kappa shape index (κ3) is 4.54. The summed E-state index contributed by atoms with van der Waals surface area (Å²) in [7, 11) is -3.52. The molecule has 0 radical (unpaired) electrons. The van der Waals surface area contributed by atoms with E-state index in [1.54, 1.807) is 24.3 Å². The highest BCUT2D eigenvalue weighted by Gasteiger charge is 2.18. The van der Waals surface area contributed by atoms with Crippen LogP contribution in [0.3, 0.4) is 0 Å². The van der Waals surface area contributed by atoms with Crippen LogP contribution in [-0.2, 0) is 14.8 Å². The zero-order chi connectivity index (χ0) is 15.3. The number of carbonyl (C=O) groups is 1. The molecule has 116 valence electrons. The third-order valence-electron chi connectivity index (χ3n) is 3.67. The number of hydrogen-bond donors (Lipinski definition) is 1. The molecule has 1 heterocycles. The van der Waals surface area contributed by atoms with Gasteiger partial charge in [-0.05, 0) is 38.3 Å². The van der Waals surface area contributed by atoms with Gasteiger partial charge in [-0.25, -0.2) is 13.1 Å². The number of aryl methyl sites for hydroxylation is 1. The maximum Gasteiger partial charge on any atom is 0.240 e.